The normalized spacial score (nSPS) is 18.1. The van der Waals surface area contributed by atoms with Crippen LogP contribution in [0, 0.1) is 11.3 Å². The zero-order valence-electron chi connectivity index (χ0n) is 19.4. The Morgan fingerprint density at radius 3 is 2.34 bits per heavy atom. The molecule has 5 rings (SSSR count). The highest BCUT2D eigenvalue weighted by atomic mass is 16.5. The molecule has 0 radical (unpaired) electrons. The fraction of sp³-hybridized carbons (Fsp3) is 0.308. The monoisotopic (exact) mass is 474 g/mol. The summed E-state index contributed by atoms with van der Waals surface area (Å²) in [4.78, 5) is 38.3. The van der Waals surface area contributed by atoms with Gasteiger partial charge in [0.25, 0.3) is 5.91 Å². The van der Waals surface area contributed by atoms with E-state index in [0.29, 0.717) is 6.54 Å². The number of anilines is 1. The number of fused-ring (bicyclic) bond motifs is 3. The molecule has 9 nitrogen and oxygen atoms in total. The first kappa shape index (κ1) is 22.6. The second-order valence-electron chi connectivity index (χ2n) is 9.68. The molecule has 1 fully saturated rings. The lowest BCUT2D eigenvalue weighted by Gasteiger charge is -2.21. The van der Waals surface area contributed by atoms with Crippen molar-refractivity contribution >= 4 is 23.8 Å². The number of nitrogens with one attached hydrogen (secondary N) is 2. The van der Waals surface area contributed by atoms with E-state index in [4.69, 9.17) is 4.74 Å². The predicted octanol–water partition coefficient (Wildman–Crippen LogP) is 3.95. The standard InChI is InChI=1S/C26H26N4O5/c1-26(2)14-30(12-20(26)24(32)33)23(31)21-11-22(29-28-21)27-25(34)35-13-19-17-9-5-3-7-15(17)16-8-4-6-10-18(16)19/h3-11,19-20H,12-14H2,1-2H3,(H,32,33)(H2,27,28,29,34). The number of nitrogens with zero attached hydrogens (tertiary/aromatic N) is 2. The smallest absolute Gasteiger partial charge is 0.412 e. The number of carboxylic acid groups (broad SMARTS) is 1. The quantitative estimate of drug-likeness (QED) is 0.514. The number of ether oxygens (including phenoxy) is 1. The summed E-state index contributed by atoms with van der Waals surface area (Å²) in [5.41, 5.74) is 4.14. The van der Waals surface area contributed by atoms with Gasteiger partial charge in [0.05, 0.1) is 5.92 Å². The molecule has 2 aliphatic rings. The summed E-state index contributed by atoms with van der Waals surface area (Å²) in [6, 6.07) is 17.6. The Hall–Kier alpha value is -4.14. The Balaban J connectivity index is 1.21. The minimum atomic E-state index is -0.924. The van der Waals surface area contributed by atoms with Crippen molar-refractivity contribution in [1.29, 1.82) is 0 Å². The van der Waals surface area contributed by atoms with Crippen molar-refractivity contribution < 1.29 is 24.2 Å². The molecule has 1 aromatic heterocycles. The SMILES string of the molecule is CC1(C)CN(C(=O)c2cc(NC(=O)OCC3c4ccccc4-c4ccccc43)n[nH]2)CC1C(=O)O. The van der Waals surface area contributed by atoms with Gasteiger partial charge in [-0.3, -0.25) is 20.0 Å². The molecule has 180 valence electrons. The Morgan fingerprint density at radius 1 is 1.11 bits per heavy atom. The molecule has 35 heavy (non-hydrogen) atoms. The van der Waals surface area contributed by atoms with Crippen molar-refractivity contribution in [3.8, 4) is 11.1 Å². The van der Waals surface area contributed by atoms with Crippen LogP contribution in [0.1, 0.15) is 41.4 Å². The third kappa shape index (κ3) is 4.14. The highest BCUT2D eigenvalue weighted by Gasteiger charge is 2.45. The van der Waals surface area contributed by atoms with Gasteiger partial charge < -0.3 is 14.7 Å². The van der Waals surface area contributed by atoms with E-state index in [1.54, 1.807) is 0 Å². The van der Waals surface area contributed by atoms with E-state index >= 15 is 0 Å². The van der Waals surface area contributed by atoms with Crippen LogP contribution in [0.3, 0.4) is 0 Å². The van der Waals surface area contributed by atoms with Gasteiger partial charge in [0.1, 0.15) is 12.3 Å². The van der Waals surface area contributed by atoms with Crippen molar-refractivity contribution in [2.24, 2.45) is 11.3 Å². The maximum Gasteiger partial charge on any atom is 0.412 e. The van der Waals surface area contributed by atoms with Gasteiger partial charge in [0.15, 0.2) is 5.82 Å². The van der Waals surface area contributed by atoms with E-state index in [2.05, 4.69) is 27.6 Å². The Kier molecular flexibility index (Phi) is 5.55. The lowest BCUT2D eigenvalue weighted by molar-refractivity contribution is -0.143. The third-order valence-electron chi connectivity index (χ3n) is 6.91. The molecule has 2 heterocycles. The number of carboxylic acids is 1. The number of likely N-dealkylation sites (tertiary alicyclic amines) is 1. The van der Waals surface area contributed by atoms with Crippen molar-refractivity contribution in [3.63, 3.8) is 0 Å². The zero-order valence-corrected chi connectivity index (χ0v) is 19.4. The van der Waals surface area contributed by atoms with Crippen LogP contribution in [0.2, 0.25) is 0 Å². The van der Waals surface area contributed by atoms with Gasteiger partial charge in [-0.1, -0.05) is 62.4 Å². The van der Waals surface area contributed by atoms with E-state index in [-0.39, 0.29) is 36.5 Å². The van der Waals surface area contributed by atoms with Gasteiger partial charge in [0.2, 0.25) is 0 Å². The average Bonchev–Trinajstić information content (AvgIpc) is 3.51. The molecular formula is C26H26N4O5. The first-order valence-electron chi connectivity index (χ1n) is 11.4. The number of carbonyl (C=O) groups excluding carboxylic acids is 2. The van der Waals surface area contributed by atoms with E-state index in [1.807, 2.05) is 50.2 Å². The van der Waals surface area contributed by atoms with Crippen LogP contribution in [0.25, 0.3) is 11.1 Å². The Bertz CT molecular complexity index is 1270. The molecule has 1 unspecified atom stereocenters. The van der Waals surface area contributed by atoms with Gasteiger partial charge >= 0.3 is 12.1 Å². The summed E-state index contributed by atoms with van der Waals surface area (Å²) in [6.45, 7) is 4.26. The Labute approximate surface area is 202 Å². The number of amides is 2. The molecule has 9 heteroatoms. The number of H-pyrrole nitrogens is 1. The lowest BCUT2D eigenvalue weighted by atomic mass is 9.82. The molecule has 3 N–H and O–H groups in total. The molecule has 0 saturated carbocycles. The van der Waals surface area contributed by atoms with Crippen LogP contribution in [0.5, 0.6) is 0 Å². The molecule has 3 aromatic rings. The van der Waals surface area contributed by atoms with Crippen molar-refractivity contribution in [2.45, 2.75) is 19.8 Å². The minimum Gasteiger partial charge on any atom is -0.481 e. The van der Waals surface area contributed by atoms with Crippen molar-refractivity contribution in [3.05, 3.63) is 71.4 Å². The third-order valence-corrected chi connectivity index (χ3v) is 6.91. The number of aromatic amines is 1. The number of hydrogen-bond donors (Lipinski definition) is 3. The van der Waals surface area contributed by atoms with Crippen LogP contribution in [0.15, 0.2) is 54.6 Å². The average molecular weight is 475 g/mol. The molecule has 2 amide bonds. The molecule has 1 saturated heterocycles. The van der Waals surface area contributed by atoms with Crippen LogP contribution in [-0.4, -0.2) is 57.9 Å². The number of benzene rings is 2. The number of carbonyl (C=O) groups is 3. The molecule has 1 atom stereocenters. The number of aromatic nitrogens is 2. The van der Waals surface area contributed by atoms with Gasteiger partial charge in [0, 0.05) is 25.1 Å². The van der Waals surface area contributed by atoms with E-state index in [9.17, 15) is 19.5 Å². The summed E-state index contributed by atoms with van der Waals surface area (Å²) in [5, 5.41) is 18.6. The summed E-state index contributed by atoms with van der Waals surface area (Å²) in [6.07, 6.45) is -0.675. The first-order chi connectivity index (χ1) is 16.7. The fourth-order valence-electron chi connectivity index (χ4n) is 5.11. The maximum absolute atomic E-state index is 12.9. The largest absolute Gasteiger partial charge is 0.481 e. The van der Waals surface area contributed by atoms with E-state index < -0.39 is 23.4 Å². The van der Waals surface area contributed by atoms with Gasteiger partial charge in [-0.05, 0) is 27.7 Å². The number of aliphatic carboxylic acids is 1. The molecule has 2 aromatic carbocycles. The Morgan fingerprint density at radius 2 is 1.74 bits per heavy atom. The highest BCUT2D eigenvalue weighted by Crippen LogP contribution is 2.44. The van der Waals surface area contributed by atoms with Gasteiger partial charge in [-0.15, -0.1) is 0 Å². The molecule has 0 spiro atoms. The first-order valence-corrected chi connectivity index (χ1v) is 11.4. The van der Waals surface area contributed by atoms with E-state index in [1.165, 1.54) is 11.0 Å². The van der Waals surface area contributed by atoms with Crippen molar-refractivity contribution in [2.75, 3.05) is 25.0 Å². The summed E-state index contributed by atoms with van der Waals surface area (Å²) in [7, 11) is 0. The summed E-state index contributed by atoms with van der Waals surface area (Å²) in [5.74, 6) is -1.85. The number of rotatable bonds is 5. The molecule has 0 bridgehead atoms. The predicted molar refractivity (Wildman–Crippen MR) is 128 cm³/mol. The second-order valence-corrected chi connectivity index (χ2v) is 9.68. The van der Waals surface area contributed by atoms with Crippen LogP contribution in [0.4, 0.5) is 10.6 Å². The minimum absolute atomic E-state index is 0.0647. The second kappa shape index (κ2) is 8.57. The molecule has 1 aliphatic heterocycles. The van der Waals surface area contributed by atoms with Crippen LogP contribution >= 0.6 is 0 Å². The fourth-order valence-corrected chi connectivity index (χ4v) is 5.11. The maximum atomic E-state index is 12.9. The number of hydrogen-bond acceptors (Lipinski definition) is 5. The molecular weight excluding hydrogens is 448 g/mol. The topological polar surface area (TPSA) is 125 Å². The van der Waals surface area contributed by atoms with Crippen molar-refractivity contribution in [1.82, 2.24) is 15.1 Å². The van der Waals surface area contributed by atoms with E-state index in [0.717, 1.165) is 22.3 Å². The van der Waals surface area contributed by atoms with Crippen LogP contribution < -0.4 is 5.32 Å². The van der Waals surface area contributed by atoms with Crippen LogP contribution in [-0.2, 0) is 9.53 Å². The zero-order chi connectivity index (χ0) is 24.7. The summed E-state index contributed by atoms with van der Waals surface area (Å²) < 4.78 is 5.52. The van der Waals surface area contributed by atoms with Gasteiger partial charge in [-0.2, -0.15) is 5.10 Å². The summed E-state index contributed by atoms with van der Waals surface area (Å²) >= 11 is 0. The van der Waals surface area contributed by atoms with Gasteiger partial charge in [-0.25, -0.2) is 4.79 Å². The highest BCUT2D eigenvalue weighted by molar-refractivity contribution is 5.95. The lowest BCUT2D eigenvalue weighted by Crippen LogP contribution is -2.30. The molecule has 1 aliphatic carbocycles.